The molecular formula is C17H20N2O4S. The smallest absolute Gasteiger partial charge is 0.238 e. The summed E-state index contributed by atoms with van der Waals surface area (Å²) in [6, 6.07) is 12.1. The van der Waals surface area contributed by atoms with E-state index in [2.05, 4.69) is 10.3 Å². The predicted octanol–water partition coefficient (Wildman–Crippen LogP) is 1.75. The van der Waals surface area contributed by atoms with Crippen LogP contribution in [0.5, 0.6) is 5.75 Å². The first-order chi connectivity index (χ1) is 11.4. The molecule has 0 fully saturated rings. The second-order valence-electron chi connectivity index (χ2n) is 5.31. The highest BCUT2D eigenvalue weighted by Gasteiger charge is 2.30. The Labute approximate surface area is 141 Å². The summed E-state index contributed by atoms with van der Waals surface area (Å²) in [5, 5.41) is 1.25. The number of hydrogen-bond donors (Lipinski definition) is 1. The molecule has 7 heteroatoms. The van der Waals surface area contributed by atoms with Crippen LogP contribution in [0, 0.1) is 6.92 Å². The Balaban J connectivity index is 1.86. The van der Waals surface area contributed by atoms with Gasteiger partial charge >= 0.3 is 0 Å². The number of nitrogens with zero attached hydrogens (tertiary/aromatic N) is 1. The van der Waals surface area contributed by atoms with E-state index < -0.39 is 21.0 Å². The summed E-state index contributed by atoms with van der Waals surface area (Å²) in [6.45, 7) is 3.78. The number of amides is 1. The summed E-state index contributed by atoms with van der Waals surface area (Å²) in [5.41, 5.74) is 1.08. The van der Waals surface area contributed by atoms with Crippen molar-refractivity contribution in [3.05, 3.63) is 54.2 Å². The van der Waals surface area contributed by atoms with Gasteiger partial charge in [-0.15, -0.1) is 0 Å². The van der Waals surface area contributed by atoms with E-state index in [1.54, 1.807) is 12.1 Å². The minimum Gasteiger partial charge on any atom is -0.492 e. The maximum atomic E-state index is 12.3. The highest BCUT2D eigenvalue weighted by atomic mass is 32.2. The lowest BCUT2D eigenvalue weighted by Gasteiger charge is -2.13. The number of carbonyl (C=O) groups excluding carboxylic acids is 1. The van der Waals surface area contributed by atoms with Crippen LogP contribution in [0.25, 0.3) is 0 Å². The molecule has 0 saturated heterocycles. The molecule has 0 aliphatic carbocycles. The SMILES string of the molecule is Cc1cccc(OCCNC(=O)[C@@H](C)S(=O)(=O)c2ccccn2)c1. The third kappa shape index (κ3) is 4.55. The number of aryl methyl sites for hydroxylation is 1. The van der Waals surface area contributed by atoms with Gasteiger partial charge in [0.25, 0.3) is 0 Å². The van der Waals surface area contributed by atoms with E-state index in [1.165, 1.54) is 19.2 Å². The molecule has 0 saturated carbocycles. The fourth-order valence-electron chi connectivity index (χ4n) is 2.03. The van der Waals surface area contributed by atoms with E-state index in [9.17, 15) is 13.2 Å². The third-order valence-electron chi connectivity index (χ3n) is 3.42. The molecule has 1 aromatic heterocycles. The molecule has 0 aliphatic heterocycles. The van der Waals surface area contributed by atoms with Gasteiger partial charge in [0.1, 0.15) is 17.6 Å². The molecule has 0 bridgehead atoms. The number of aromatic nitrogens is 1. The first-order valence-electron chi connectivity index (χ1n) is 7.53. The van der Waals surface area contributed by atoms with Gasteiger partial charge in [0.2, 0.25) is 15.7 Å². The quantitative estimate of drug-likeness (QED) is 0.771. The molecule has 0 spiro atoms. The van der Waals surface area contributed by atoms with Crippen LogP contribution in [0.15, 0.2) is 53.7 Å². The van der Waals surface area contributed by atoms with Crippen molar-refractivity contribution in [3.8, 4) is 5.75 Å². The lowest BCUT2D eigenvalue weighted by Crippen LogP contribution is -2.39. The highest BCUT2D eigenvalue weighted by Crippen LogP contribution is 2.13. The number of pyridine rings is 1. The number of ether oxygens (including phenoxy) is 1. The van der Waals surface area contributed by atoms with Crippen molar-refractivity contribution in [2.24, 2.45) is 0 Å². The van der Waals surface area contributed by atoms with Gasteiger partial charge in [-0.05, 0) is 43.7 Å². The number of hydrogen-bond acceptors (Lipinski definition) is 5. The van der Waals surface area contributed by atoms with E-state index in [4.69, 9.17) is 4.74 Å². The predicted molar refractivity (Wildman–Crippen MR) is 90.6 cm³/mol. The van der Waals surface area contributed by atoms with Crippen LogP contribution >= 0.6 is 0 Å². The monoisotopic (exact) mass is 348 g/mol. The summed E-state index contributed by atoms with van der Waals surface area (Å²) in [4.78, 5) is 15.9. The van der Waals surface area contributed by atoms with Crippen molar-refractivity contribution < 1.29 is 17.9 Å². The lowest BCUT2D eigenvalue weighted by atomic mass is 10.2. The maximum Gasteiger partial charge on any atom is 0.238 e. The molecule has 24 heavy (non-hydrogen) atoms. The molecule has 128 valence electrons. The Morgan fingerprint density at radius 1 is 1.25 bits per heavy atom. The van der Waals surface area contributed by atoms with E-state index in [0.29, 0.717) is 5.75 Å². The molecule has 1 aromatic carbocycles. The van der Waals surface area contributed by atoms with Crippen molar-refractivity contribution in [3.63, 3.8) is 0 Å². The van der Waals surface area contributed by atoms with Crippen molar-refractivity contribution in [1.82, 2.24) is 10.3 Å². The highest BCUT2D eigenvalue weighted by molar-refractivity contribution is 7.92. The average molecular weight is 348 g/mol. The normalized spacial score (nSPS) is 12.4. The van der Waals surface area contributed by atoms with E-state index in [1.807, 2.05) is 31.2 Å². The zero-order chi connectivity index (χ0) is 17.6. The van der Waals surface area contributed by atoms with E-state index >= 15 is 0 Å². The van der Waals surface area contributed by atoms with Gasteiger partial charge in [-0.2, -0.15) is 0 Å². The largest absolute Gasteiger partial charge is 0.492 e. The number of carbonyl (C=O) groups is 1. The minimum atomic E-state index is -3.80. The molecule has 0 unspecified atom stereocenters. The minimum absolute atomic E-state index is 0.108. The number of rotatable bonds is 7. The second kappa shape index (κ2) is 7.92. The van der Waals surface area contributed by atoms with Crippen molar-refractivity contribution >= 4 is 15.7 Å². The molecule has 2 rings (SSSR count). The van der Waals surface area contributed by atoms with Crippen LogP contribution in [0.3, 0.4) is 0 Å². The first kappa shape index (κ1) is 17.9. The summed E-state index contributed by atoms with van der Waals surface area (Å²) in [7, 11) is -3.80. The summed E-state index contributed by atoms with van der Waals surface area (Å²) < 4.78 is 30.1. The van der Waals surface area contributed by atoms with Crippen LogP contribution in [-0.2, 0) is 14.6 Å². The van der Waals surface area contributed by atoms with E-state index in [-0.39, 0.29) is 18.2 Å². The number of benzene rings is 1. The first-order valence-corrected chi connectivity index (χ1v) is 9.08. The summed E-state index contributed by atoms with van der Waals surface area (Å²) in [5.74, 6) is 0.131. The Morgan fingerprint density at radius 3 is 2.71 bits per heavy atom. The van der Waals surface area contributed by atoms with Crippen molar-refractivity contribution in [2.45, 2.75) is 24.1 Å². The zero-order valence-corrected chi connectivity index (χ0v) is 14.4. The molecule has 0 aliphatic rings. The molecule has 1 atom stereocenters. The van der Waals surface area contributed by atoms with Crippen LogP contribution < -0.4 is 10.1 Å². The zero-order valence-electron chi connectivity index (χ0n) is 13.6. The Bertz CT molecular complexity index is 791. The average Bonchev–Trinajstić information content (AvgIpc) is 2.58. The van der Waals surface area contributed by atoms with E-state index in [0.717, 1.165) is 5.56 Å². The molecule has 1 amide bonds. The van der Waals surface area contributed by atoms with Crippen LogP contribution in [0.2, 0.25) is 0 Å². The molecule has 1 N–H and O–H groups in total. The standard InChI is InChI=1S/C17H20N2O4S/c1-13-6-5-7-15(12-13)23-11-10-19-17(20)14(2)24(21,22)16-8-3-4-9-18-16/h3-9,12,14H,10-11H2,1-2H3,(H,19,20)/t14-/m1/s1. The van der Waals surface area contributed by atoms with Gasteiger partial charge in [-0.25, -0.2) is 13.4 Å². The summed E-state index contributed by atoms with van der Waals surface area (Å²) in [6.07, 6.45) is 1.38. The van der Waals surface area contributed by atoms with Crippen LogP contribution in [0.1, 0.15) is 12.5 Å². The molecule has 1 heterocycles. The van der Waals surface area contributed by atoms with Gasteiger partial charge in [0.15, 0.2) is 5.03 Å². The lowest BCUT2D eigenvalue weighted by molar-refractivity contribution is -0.120. The molecule has 2 aromatic rings. The topological polar surface area (TPSA) is 85.4 Å². The van der Waals surface area contributed by atoms with Gasteiger partial charge in [-0.3, -0.25) is 4.79 Å². The Morgan fingerprint density at radius 2 is 2.04 bits per heavy atom. The Kier molecular flexibility index (Phi) is 5.92. The molecular weight excluding hydrogens is 328 g/mol. The van der Waals surface area contributed by atoms with Crippen LogP contribution in [-0.4, -0.2) is 37.7 Å². The number of sulfone groups is 1. The van der Waals surface area contributed by atoms with Crippen molar-refractivity contribution in [2.75, 3.05) is 13.2 Å². The second-order valence-corrected chi connectivity index (χ2v) is 7.53. The van der Waals surface area contributed by atoms with Crippen molar-refractivity contribution in [1.29, 1.82) is 0 Å². The van der Waals surface area contributed by atoms with Gasteiger partial charge < -0.3 is 10.1 Å². The van der Waals surface area contributed by atoms with Gasteiger partial charge in [0.05, 0.1) is 6.54 Å². The van der Waals surface area contributed by atoms with Gasteiger partial charge in [-0.1, -0.05) is 18.2 Å². The fraction of sp³-hybridized carbons (Fsp3) is 0.294. The molecule has 0 radical (unpaired) electrons. The fourth-order valence-corrected chi connectivity index (χ4v) is 3.23. The maximum absolute atomic E-state index is 12.3. The Hall–Kier alpha value is -2.41. The van der Waals surface area contributed by atoms with Gasteiger partial charge in [0, 0.05) is 6.20 Å². The third-order valence-corrected chi connectivity index (χ3v) is 5.39. The molecule has 6 nitrogen and oxygen atoms in total. The summed E-state index contributed by atoms with van der Waals surface area (Å²) >= 11 is 0. The number of nitrogens with one attached hydrogen (secondary N) is 1. The van der Waals surface area contributed by atoms with Crippen LogP contribution in [0.4, 0.5) is 0 Å².